The van der Waals surface area contributed by atoms with E-state index in [1.165, 1.54) is 4.90 Å². The number of anilines is 1. The number of amides is 3. The third-order valence-corrected chi connectivity index (χ3v) is 5.83. The van der Waals surface area contributed by atoms with Crippen LogP contribution in [0.1, 0.15) is 33.3 Å². The van der Waals surface area contributed by atoms with Crippen LogP contribution in [-0.2, 0) is 19.9 Å². The molecule has 3 heterocycles. The third kappa shape index (κ3) is 1.87. The molecule has 1 spiro atoms. The van der Waals surface area contributed by atoms with E-state index < -0.39 is 22.9 Å². The molecule has 4 rings (SSSR count). The van der Waals surface area contributed by atoms with Gasteiger partial charge in [0, 0.05) is 17.1 Å². The van der Waals surface area contributed by atoms with E-state index in [1.54, 1.807) is 18.2 Å². The van der Waals surface area contributed by atoms with E-state index in [1.807, 2.05) is 27.7 Å². The SMILES string of the molecule is C[C@H]1N[C@@]2(C(=O)Nc3c(Cl)cccc32)[C@@H]2C(=O)N(C(C)(C)C)C(=O)[C@@H]21. The number of likely N-dealkylation sites (tertiary alicyclic amines) is 1. The van der Waals surface area contributed by atoms with Crippen molar-refractivity contribution in [2.75, 3.05) is 5.32 Å². The number of nitrogens with zero attached hydrogens (tertiary/aromatic N) is 1. The average molecular weight is 362 g/mol. The van der Waals surface area contributed by atoms with Crippen LogP contribution in [0, 0.1) is 11.8 Å². The van der Waals surface area contributed by atoms with Gasteiger partial charge in [0.2, 0.25) is 17.7 Å². The Kier molecular flexibility index (Phi) is 3.19. The second kappa shape index (κ2) is 4.83. The Labute approximate surface area is 150 Å². The number of carbonyl (C=O) groups is 3. The van der Waals surface area contributed by atoms with Gasteiger partial charge in [0.25, 0.3) is 0 Å². The second-order valence-corrected chi connectivity index (χ2v) is 8.45. The maximum Gasteiger partial charge on any atom is 0.250 e. The van der Waals surface area contributed by atoms with Gasteiger partial charge in [0.05, 0.1) is 22.5 Å². The van der Waals surface area contributed by atoms with E-state index in [0.717, 1.165) is 0 Å². The minimum absolute atomic E-state index is 0.220. The summed E-state index contributed by atoms with van der Waals surface area (Å²) in [6, 6.07) is 4.94. The molecule has 3 amide bonds. The molecule has 0 saturated carbocycles. The highest BCUT2D eigenvalue weighted by molar-refractivity contribution is 6.35. The van der Waals surface area contributed by atoms with E-state index in [-0.39, 0.29) is 23.8 Å². The zero-order chi connectivity index (χ0) is 18.3. The normalized spacial score (nSPS) is 33.9. The van der Waals surface area contributed by atoms with Crippen LogP contribution in [0.5, 0.6) is 0 Å². The topological polar surface area (TPSA) is 78.5 Å². The molecule has 2 N–H and O–H groups in total. The Bertz CT molecular complexity index is 831. The van der Waals surface area contributed by atoms with Gasteiger partial charge in [-0.2, -0.15) is 0 Å². The second-order valence-electron chi connectivity index (χ2n) is 8.04. The van der Waals surface area contributed by atoms with Gasteiger partial charge in [-0.3, -0.25) is 24.6 Å². The maximum absolute atomic E-state index is 13.2. The summed E-state index contributed by atoms with van der Waals surface area (Å²) in [4.78, 5) is 40.5. The van der Waals surface area contributed by atoms with Crippen LogP contribution in [0.3, 0.4) is 0 Å². The molecule has 132 valence electrons. The largest absolute Gasteiger partial charge is 0.323 e. The number of benzene rings is 1. The first-order valence-electron chi connectivity index (χ1n) is 8.36. The van der Waals surface area contributed by atoms with Gasteiger partial charge in [-0.1, -0.05) is 23.7 Å². The molecular weight excluding hydrogens is 342 g/mol. The van der Waals surface area contributed by atoms with Gasteiger partial charge in [-0.15, -0.1) is 0 Å². The van der Waals surface area contributed by atoms with Crippen LogP contribution in [0.2, 0.25) is 5.02 Å². The van der Waals surface area contributed by atoms with Crippen molar-refractivity contribution in [2.24, 2.45) is 11.8 Å². The van der Waals surface area contributed by atoms with Crippen molar-refractivity contribution in [2.45, 2.75) is 44.8 Å². The van der Waals surface area contributed by atoms with E-state index >= 15 is 0 Å². The molecule has 0 aromatic heterocycles. The molecule has 7 heteroatoms. The summed E-state index contributed by atoms with van der Waals surface area (Å²) in [6.07, 6.45) is 0. The highest BCUT2D eigenvalue weighted by atomic mass is 35.5. The Morgan fingerprint density at radius 1 is 1.16 bits per heavy atom. The van der Waals surface area contributed by atoms with Crippen molar-refractivity contribution >= 4 is 35.0 Å². The summed E-state index contributed by atoms with van der Waals surface area (Å²) in [5, 5.41) is 6.48. The van der Waals surface area contributed by atoms with Gasteiger partial charge in [0.1, 0.15) is 5.54 Å². The Morgan fingerprint density at radius 3 is 2.48 bits per heavy atom. The number of fused-ring (bicyclic) bond motifs is 4. The molecule has 4 atom stereocenters. The summed E-state index contributed by atoms with van der Waals surface area (Å²) in [5.74, 6) is -2.19. The Balaban J connectivity index is 1.93. The summed E-state index contributed by atoms with van der Waals surface area (Å²) in [7, 11) is 0. The number of para-hydroxylation sites is 1. The van der Waals surface area contributed by atoms with Crippen molar-refractivity contribution in [3.63, 3.8) is 0 Å². The molecule has 0 unspecified atom stereocenters. The molecule has 0 radical (unpaired) electrons. The minimum Gasteiger partial charge on any atom is -0.323 e. The number of rotatable bonds is 0. The molecule has 0 bridgehead atoms. The Hall–Kier alpha value is -1.92. The van der Waals surface area contributed by atoms with E-state index in [2.05, 4.69) is 10.6 Å². The lowest BCUT2D eigenvalue weighted by atomic mass is 9.76. The molecule has 1 aromatic rings. The molecule has 6 nitrogen and oxygen atoms in total. The number of carbonyl (C=O) groups excluding carboxylic acids is 3. The molecule has 0 aliphatic carbocycles. The lowest BCUT2D eigenvalue weighted by Crippen LogP contribution is -2.55. The number of halogens is 1. The molecule has 2 fully saturated rings. The standard InChI is InChI=1S/C18H20ClN3O3/c1-8-11-12(15(24)22(14(11)23)17(2,3)4)18(21-8)9-6-5-7-10(19)13(9)20-16(18)25/h5-8,11-12,21H,1-4H3,(H,20,25)/t8-,11-,12+,18-/m1/s1. The van der Waals surface area contributed by atoms with Crippen molar-refractivity contribution in [1.29, 1.82) is 0 Å². The van der Waals surface area contributed by atoms with Gasteiger partial charge < -0.3 is 5.32 Å². The highest BCUT2D eigenvalue weighted by Gasteiger charge is 2.70. The average Bonchev–Trinajstić information content (AvgIpc) is 3.05. The zero-order valence-corrected chi connectivity index (χ0v) is 15.3. The number of hydrogen-bond acceptors (Lipinski definition) is 4. The summed E-state index contributed by atoms with van der Waals surface area (Å²) in [6.45, 7) is 7.33. The molecular formula is C18H20ClN3O3. The quantitative estimate of drug-likeness (QED) is 0.691. The lowest BCUT2D eigenvalue weighted by Gasteiger charge is -2.34. The third-order valence-electron chi connectivity index (χ3n) is 5.52. The van der Waals surface area contributed by atoms with Crippen LogP contribution >= 0.6 is 11.6 Å². The van der Waals surface area contributed by atoms with Gasteiger partial charge in [-0.25, -0.2) is 0 Å². The fourth-order valence-corrected chi connectivity index (χ4v) is 4.84. The van der Waals surface area contributed by atoms with Crippen LogP contribution in [0.4, 0.5) is 5.69 Å². The fourth-order valence-electron chi connectivity index (χ4n) is 4.62. The predicted molar refractivity (Wildman–Crippen MR) is 92.9 cm³/mol. The first-order valence-corrected chi connectivity index (χ1v) is 8.74. The fraction of sp³-hybridized carbons (Fsp3) is 0.500. The van der Waals surface area contributed by atoms with Gasteiger partial charge in [0.15, 0.2) is 0 Å². The van der Waals surface area contributed by atoms with Crippen LogP contribution in [0.25, 0.3) is 0 Å². The summed E-state index contributed by atoms with van der Waals surface area (Å²) >= 11 is 6.24. The summed E-state index contributed by atoms with van der Waals surface area (Å²) < 4.78 is 0. The number of hydrogen-bond donors (Lipinski definition) is 2. The van der Waals surface area contributed by atoms with Crippen LogP contribution in [-0.4, -0.2) is 34.2 Å². The highest BCUT2D eigenvalue weighted by Crippen LogP contribution is 2.54. The summed E-state index contributed by atoms with van der Waals surface area (Å²) in [5.41, 5.74) is -0.729. The van der Waals surface area contributed by atoms with Crippen molar-refractivity contribution < 1.29 is 14.4 Å². The van der Waals surface area contributed by atoms with Gasteiger partial charge in [-0.05, 0) is 33.8 Å². The molecule has 2 saturated heterocycles. The first kappa shape index (κ1) is 16.5. The lowest BCUT2D eigenvalue weighted by molar-refractivity contribution is -0.147. The van der Waals surface area contributed by atoms with Crippen molar-refractivity contribution in [3.05, 3.63) is 28.8 Å². The maximum atomic E-state index is 13.2. The monoisotopic (exact) mass is 361 g/mol. The van der Waals surface area contributed by atoms with E-state index in [0.29, 0.717) is 16.3 Å². The molecule has 25 heavy (non-hydrogen) atoms. The van der Waals surface area contributed by atoms with E-state index in [9.17, 15) is 14.4 Å². The predicted octanol–water partition coefficient (Wildman–Crippen LogP) is 1.88. The van der Waals surface area contributed by atoms with Crippen molar-refractivity contribution in [1.82, 2.24) is 10.2 Å². The number of nitrogens with one attached hydrogen (secondary N) is 2. The number of imide groups is 1. The smallest absolute Gasteiger partial charge is 0.250 e. The molecule has 3 aliphatic heterocycles. The van der Waals surface area contributed by atoms with Gasteiger partial charge >= 0.3 is 0 Å². The van der Waals surface area contributed by atoms with Crippen LogP contribution < -0.4 is 10.6 Å². The zero-order valence-electron chi connectivity index (χ0n) is 14.5. The molecule has 3 aliphatic rings. The van der Waals surface area contributed by atoms with Crippen LogP contribution in [0.15, 0.2) is 18.2 Å². The Morgan fingerprint density at radius 2 is 1.84 bits per heavy atom. The molecule has 1 aromatic carbocycles. The van der Waals surface area contributed by atoms with Crippen molar-refractivity contribution in [3.8, 4) is 0 Å². The van der Waals surface area contributed by atoms with E-state index in [4.69, 9.17) is 11.6 Å². The minimum atomic E-state index is -1.25. The first-order chi connectivity index (χ1) is 11.6.